The molecule has 6 nitrogen and oxygen atoms in total. The molecule has 0 saturated carbocycles. The molecule has 2 aliphatic heterocycles. The largest absolute Gasteiger partial charge is 0.369 e. The molecule has 2 unspecified atom stereocenters. The van der Waals surface area contributed by atoms with E-state index in [0.717, 1.165) is 57.7 Å². The minimum absolute atomic E-state index is 0.0927. The third kappa shape index (κ3) is 6.53. The van der Waals surface area contributed by atoms with Gasteiger partial charge in [-0.25, -0.2) is 4.79 Å². The Morgan fingerprint density at radius 2 is 1.68 bits per heavy atom. The molecule has 0 aliphatic carbocycles. The average molecular weight is 504 g/mol. The maximum absolute atomic E-state index is 11.5. The number of primary amides is 1. The van der Waals surface area contributed by atoms with Crippen LogP contribution in [0.4, 0.5) is 4.79 Å². The van der Waals surface area contributed by atoms with Crippen LogP contribution in [0, 0.1) is 25.2 Å². The van der Waals surface area contributed by atoms with E-state index in [9.17, 15) is 4.79 Å². The number of carbonyl (C=O) groups is 1. The van der Waals surface area contributed by atoms with Crippen molar-refractivity contribution in [3.8, 4) is 0 Å². The summed E-state index contributed by atoms with van der Waals surface area (Å²) >= 11 is 0. The zero-order valence-electron chi connectivity index (χ0n) is 23.4. The third-order valence-electron chi connectivity index (χ3n) is 8.24. The number of carbonyl (C=O) groups excluding carboxylic acids is 1. The summed E-state index contributed by atoms with van der Waals surface area (Å²) in [6.07, 6.45) is 4.97. The number of rotatable bonds is 6. The van der Waals surface area contributed by atoms with Crippen molar-refractivity contribution >= 4 is 6.03 Å². The number of hydrogen-bond donors (Lipinski definition) is 1. The molecule has 2 saturated heterocycles. The van der Waals surface area contributed by atoms with Crippen LogP contribution in [-0.4, -0.2) is 64.5 Å². The minimum atomic E-state index is -0.299. The number of aryl methyl sites for hydroxylation is 2. The molecule has 2 N–H and O–H groups in total. The van der Waals surface area contributed by atoms with Crippen molar-refractivity contribution in [2.45, 2.75) is 66.0 Å². The molecule has 2 fully saturated rings. The highest BCUT2D eigenvalue weighted by atomic mass is 16.2. The number of urea groups is 1. The van der Waals surface area contributed by atoms with Gasteiger partial charge in [0.2, 0.25) is 0 Å². The molecule has 2 amide bonds. The zero-order chi connectivity index (χ0) is 26.7. The van der Waals surface area contributed by atoms with E-state index in [1.165, 1.54) is 22.4 Å². The Morgan fingerprint density at radius 3 is 2.24 bits per heavy atom. The van der Waals surface area contributed by atoms with Gasteiger partial charge in [-0.15, -0.1) is 0 Å². The number of hydrogen-bond acceptors (Lipinski definition) is 4. The molecule has 2 atom stereocenters. The van der Waals surface area contributed by atoms with E-state index >= 15 is 0 Å². The number of aromatic nitrogens is 1. The number of likely N-dealkylation sites (tertiary alicyclic amines) is 1. The van der Waals surface area contributed by atoms with E-state index < -0.39 is 0 Å². The zero-order valence-corrected chi connectivity index (χ0v) is 23.4. The maximum Gasteiger partial charge on any atom is 0.314 e. The van der Waals surface area contributed by atoms with Gasteiger partial charge in [0.05, 0.1) is 11.7 Å². The molecule has 6 heteroatoms. The van der Waals surface area contributed by atoms with Crippen molar-refractivity contribution in [2.75, 3.05) is 32.7 Å². The molecule has 2 aromatic rings. The fourth-order valence-corrected chi connectivity index (χ4v) is 5.92. The monoisotopic (exact) mass is 503 g/mol. The lowest BCUT2D eigenvalue weighted by atomic mass is 9.82. The van der Waals surface area contributed by atoms with Crippen LogP contribution in [-0.2, 0) is 0 Å². The summed E-state index contributed by atoms with van der Waals surface area (Å²) in [4.78, 5) is 23.4. The Kier molecular flexibility index (Phi) is 8.27. The number of pyridine rings is 1. The van der Waals surface area contributed by atoms with Gasteiger partial charge in [0.25, 0.3) is 0 Å². The fourth-order valence-electron chi connectivity index (χ4n) is 5.92. The highest BCUT2D eigenvalue weighted by molar-refractivity contribution is 5.72. The van der Waals surface area contributed by atoms with Gasteiger partial charge in [-0.05, 0) is 61.6 Å². The molecule has 3 heterocycles. The number of nitrogens with two attached hydrogens (primary N) is 1. The molecule has 0 spiro atoms. The van der Waals surface area contributed by atoms with Gasteiger partial charge in [-0.1, -0.05) is 63.2 Å². The Morgan fingerprint density at radius 1 is 1.03 bits per heavy atom. The van der Waals surface area contributed by atoms with E-state index in [1.54, 1.807) is 4.90 Å². The molecule has 1 aromatic heterocycles. The quantitative estimate of drug-likeness (QED) is 0.564. The smallest absolute Gasteiger partial charge is 0.314 e. The van der Waals surface area contributed by atoms with Crippen LogP contribution in [0.25, 0.3) is 0 Å². The van der Waals surface area contributed by atoms with Gasteiger partial charge in [0.1, 0.15) is 0 Å². The number of piperidine rings is 1. The number of amides is 2. The number of nitrogens with zero attached hydrogens (tertiary/aromatic N) is 4. The van der Waals surface area contributed by atoms with E-state index in [-0.39, 0.29) is 17.5 Å². The predicted molar refractivity (Wildman–Crippen MR) is 151 cm³/mol. The second-order valence-corrected chi connectivity index (χ2v) is 12.2. The van der Waals surface area contributed by atoms with Gasteiger partial charge in [0, 0.05) is 50.7 Å². The van der Waals surface area contributed by atoms with Crippen molar-refractivity contribution in [1.29, 1.82) is 0 Å². The van der Waals surface area contributed by atoms with Crippen LogP contribution in [0.3, 0.4) is 0 Å². The second kappa shape index (κ2) is 11.3. The van der Waals surface area contributed by atoms with E-state index in [4.69, 9.17) is 10.7 Å². The van der Waals surface area contributed by atoms with Crippen LogP contribution in [0.1, 0.15) is 68.5 Å². The first-order valence-electron chi connectivity index (χ1n) is 13.7. The topological polar surface area (TPSA) is 65.7 Å². The molecule has 4 rings (SSSR count). The number of piperazine rings is 1. The summed E-state index contributed by atoms with van der Waals surface area (Å²) in [6, 6.07) is 13.5. The third-order valence-corrected chi connectivity index (χ3v) is 8.24. The lowest BCUT2D eigenvalue weighted by molar-refractivity contribution is 0.0206. The summed E-state index contributed by atoms with van der Waals surface area (Å²) in [5.74, 6) is 0.554. The van der Waals surface area contributed by atoms with Crippen molar-refractivity contribution in [3.63, 3.8) is 0 Å². The van der Waals surface area contributed by atoms with Crippen LogP contribution >= 0.6 is 0 Å². The number of allylic oxidation sites excluding steroid dienone is 1. The SMILES string of the molecule is C=C(CC1CCN(C(N)=O)CC1)N1CCN(C(c2ccc(C)cc2)c2ccc(C)cn2)CC1C(C)(C)C. The molecular formula is C31H45N5O. The maximum atomic E-state index is 11.5. The summed E-state index contributed by atoms with van der Waals surface area (Å²) in [5, 5.41) is 0. The molecule has 2 aliphatic rings. The Labute approximate surface area is 223 Å². The lowest BCUT2D eigenvalue weighted by Crippen LogP contribution is -2.58. The first-order chi connectivity index (χ1) is 17.5. The predicted octanol–water partition coefficient (Wildman–Crippen LogP) is 5.51. The van der Waals surface area contributed by atoms with E-state index in [1.807, 2.05) is 6.20 Å². The van der Waals surface area contributed by atoms with E-state index in [2.05, 4.69) is 87.4 Å². The van der Waals surface area contributed by atoms with Gasteiger partial charge < -0.3 is 15.5 Å². The van der Waals surface area contributed by atoms with Crippen molar-refractivity contribution in [3.05, 3.63) is 77.3 Å². The Balaban J connectivity index is 1.53. The standard InChI is InChI=1S/C31H45N5O/c1-22-7-10-26(11-8-22)29(27-12-9-23(2)20-33-27)35-17-18-36(28(21-35)31(4,5)6)24(3)19-25-13-15-34(16-14-25)30(32)37/h7-12,20,25,28-29H,3,13-19,21H2,1-2,4-6H3,(H2,32,37). The second-order valence-electron chi connectivity index (χ2n) is 12.2. The lowest BCUT2D eigenvalue weighted by Gasteiger charge is -2.51. The summed E-state index contributed by atoms with van der Waals surface area (Å²) in [6.45, 7) is 20.2. The highest BCUT2D eigenvalue weighted by Crippen LogP contribution is 2.37. The molecule has 37 heavy (non-hydrogen) atoms. The first-order valence-corrected chi connectivity index (χ1v) is 13.7. The Bertz CT molecular complexity index is 1020. The average Bonchev–Trinajstić information content (AvgIpc) is 2.86. The molecule has 0 radical (unpaired) electrons. The van der Waals surface area contributed by atoms with Crippen molar-refractivity contribution < 1.29 is 4.79 Å². The van der Waals surface area contributed by atoms with Crippen LogP contribution in [0.15, 0.2) is 54.9 Å². The van der Waals surface area contributed by atoms with Crippen LogP contribution in [0.5, 0.6) is 0 Å². The highest BCUT2D eigenvalue weighted by Gasteiger charge is 2.39. The summed E-state index contributed by atoms with van der Waals surface area (Å²) in [7, 11) is 0. The first kappa shape index (κ1) is 27.2. The Hall–Kier alpha value is -2.86. The van der Waals surface area contributed by atoms with Crippen LogP contribution < -0.4 is 5.73 Å². The number of benzene rings is 1. The van der Waals surface area contributed by atoms with E-state index in [0.29, 0.717) is 12.0 Å². The molecule has 200 valence electrons. The van der Waals surface area contributed by atoms with Gasteiger partial charge in [0.15, 0.2) is 0 Å². The fraction of sp³-hybridized carbons (Fsp3) is 0.548. The summed E-state index contributed by atoms with van der Waals surface area (Å²) in [5.41, 5.74) is 11.7. The molecule has 1 aromatic carbocycles. The van der Waals surface area contributed by atoms with Gasteiger partial charge in [-0.3, -0.25) is 9.88 Å². The van der Waals surface area contributed by atoms with Crippen molar-refractivity contribution in [2.24, 2.45) is 17.1 Å². The molecular weight excluding hydrogens is 458 g/mol. The normalized spacial score (nSPS) is 20.6. The van der Waals surface area contributed by atoms with Gasteiger partial charge >= 0.3 is 6.03 Å². The summed E-state index contributed by atoms with van der Waals surface area (Å²) < 4.78 is 0. The molecule has 0 bridgehead atoms. The van der Waals surface area contributed by atoms with Crippen LogP contribution in [0.2, 0.25) is 0 Å². The van der Waals surface area contributed by atoms with Crippen molar-refractivity contribution in [1.82, 2.24) is 19.7 Å². The minimum Gasteiger partial charge on any atom is -0.369 e. The van der Waals surface area contributed by atoms with Gasteiger partial charge in [-0.2, -0.15) is 0 Å².